The molecule has 0 spiro atoms. The van der Waals surface area contributed by atoms with Gasteiger partial charge in [-0.1, -0.05) is 30.2 Å². The van der Waals surface area contributed by atoms with Crippen molar-refractivity contribution >= 4 is 21.8 Å². The van der Waals surface area contributed by atoms with Gasteiger partial charge < -0.3 is 4.74 Å². The van der Waals surface area contributed by atoms with Gasteiger partial charge in [-0.25, -0.2) is 4.98 Å². The van der Waals surface area contributed by atoms with Crippen molar-refractivity contribution in [3.05, 3.63) is 48.5 Å². The Morgan fingerprint density at radius 2 is 1.53 bits per heavy atom. The number of terminal acetylenes is 1. The highest BCUT2D eigenvalue weighted by atomic mass is 16.5. The number of nitrogens with zero attached hydrogens (tertiary/aromatic N) is 1. The quantitative estimate of drug-likeness (QED) is 0.507. The summed E-state index contributed by atoms with van der Waals surface area (Å²) < 4.78 is 5.91. The second-order valence-electron chi connectivity index (χ2n) is 4.40. The fourth-order valence-electron chi connectivity index (χ4n) is 2.14. The maximum absolute atomic E-state index is 5.91. The minimum Gasteiger partial charge on any atom is -0.477 e. The van der Waals surface area contributed by atoms with Gasteiger partial charge in [-0.2, -0.15) is 0 Å². The number of ether oxygens (including phenoxy) is 1. The summed E-state index contributed by atoms with van der Waals surface area (Å²) in [6.07, 6.45) is 5.15. The molecule has 92 valence electrons. The van der Waals surface area contributed by atoms with Gasteiger partial charge in [0.05, 0.1) is 11.0 Å². The van der Waals surface area contributed by atoms with E-state index in [1.165, 1.54) is 0 Å². The van der Waals surface area contributed by atoms with Crippen LogP contribution in [0.5, 0.6) is 5.75 Å². The van der Waals surface area contributed by atoms with E-state index < -0.39 is 0 Å². The first kappa shape index (κ1) is 11.6. The van der Waals surface area contributed by atoms with Gasteiger partial charge in [0, 0.05) is 10.8 Å². The first-order chi connectivity index (χ1) is 9.29. The van der Waals surface area contributed by atoms with Gasteiger partial charge in [0.25, 0.3) is 0 Å². The molecule has 0 aliphatic carbocycles. The van der Waals surface area contributed by atoms with Crippen LogP contribution in [0.1, 0.15) is 6.92 Å². The predicted octanol–water partition coefficient (Wildman–Crippen LogP) is 3.79. The van der Waals surface area contributed by atoms with Crippen molar-refractivity contribution in [3.8, 4) is 18.1 Å². The van der Waals surface area contributed by atoms with Gasteiger partial charge in [-0.3, -0.25) is 0 Å². The molecule has 2 aromatic carbocycles. The molecule has 0 saturated carbocycles. The molecule has 0 amide bonds. The Morgan fingerprint density at radius 1 is 1.00 bits per heavy atom. The normalized spacial score (nSPS) is 12.2. The smallest absolute Gasteiger partial charge is 0.156 e. The van der Waals surface area contributed by atoms with Gasteiger partial charge in [0.15, 0.2) is 6.10 Å². The van der Waals surface area contributed by atoms with E-state index in [-0.39, 0.29) is 6.10 Å². The van der Waals surface area contributed by atoms with Crippen molar-refractivity contribution in [2.75, 3.05) is 0 Å². The fourth-order valence-corrected chi connectivity index (χ4v) is 2.14. The zero-order chi connectivity index (χ0) is 13.2. The molecular weight excluding hydrogens is 234 g/mol. The number of pyridine rings is 1. The van der Waals surface area contributed by atoms with Crippen molar-refractivity contribution in [1.29, 1.82) is 0 Å². The van der Waals surface area contributed by atoms with E-state index in [4.69, 9.17) is 11.2 Å². The number of rotatable bonds is 2. The molecular formula is C17H13NO. The first-order valence-electron chi connectivity index (χ1n) is 6.20. The third-order valence-electron chi connectivity index (χ3n) is 3.07. The first-order valence-corrected chi connectivity index (χ1v) is 6.20. The Labute approximate surface area is 112 Å². The molecule has 19 heavy (non-hydrogen) atoms. The average Bonchev–Trinajstić information content (AvgIpc) is 2.46. The summed E-state index contributed by atoms with van der Waals surface area (Å²) >= 11 is 0. The molecule has 0 N–H and O–H groups in total. The SMILES string of the molecule is C#CC(C)Oc1c2ccccc2nc2ccccc12. The predicted molar refractivity (Wildman–Crippen MR) is 78.2 cm³/mol. The molecule has 1 aromatic heterocycles. The third kappa shape index (κ3) is 2.00. The van der Waals surface area contributed by atoms with Gasteiger partial charge in [0.1, 0.15) is 5.75 Å². The highest BCUT2D eigenvalue weighted by Crippen LogP contribution is 2.33. The monoisotopic (exact) mass is 247 g/mol. The minimum atomic E-state index is -0.269. The molecule has 0 saturated heterocycles. The number of benzene rings is 2. The summed E-state index contributed by atoms with van der Waals surface area (Å²) in [7, 11) is 0. The molecule has 0 aliphatic rings. The van der Waals surface area contributed by atoms with Crippen LogP contribution in [0.3, 0.4) is 0 Å². The Bertz CT molecular complexity index is 732. The van der Waals surface area contributed by atoms with Crippen LogP contribution in [-0.2, 0) is 0 Å². The lowest BCUT2D eigenvalue weighted by Crippen LogP contribution is -2.09. The zero-order valence-corrected chi connectivity index (χ0v) is 10.6. The van der Waals surface area contributed by atoms with Crippen LogP contribution in [0, 0.1) is 12.3 Å². The van der Waals surface area contributed by atoms with Gasteiger partial charge >= 0.3 is 0 Å². The largest absolute Gasteiger partial charge is 0.477 e. The van der Waals surface area contributed by atoms with E-state index in [1.54, 1.807) is 0 Å². The number of hydrogen-bond acceptors (Lipinski definition) is 2. The molecule has 3 rings (SSSR count). The highest BCUT2D eigenvalue weighted by Gasteiger charge is 2.11. The van der Waals surface area contributed by atoms with E-state index in [0.29, 0.717) is 0 Å². The maximum atomic E-state index is 5.91. The lowest BCUT2D eigenvalue weighted by atomic mass is 10.1. The zero-order valence-electron chi connectivity index (χ0n) is 10.6. The summed E-state index contributed by atoms with van der Waals surface area (Å²) in [6, 6.07) is 15.9. The molecule has 1 unspecified atom stereocenters. The fraction of sp³-hybridized carbons (Fsp3) is 0.118. The molecule has 0 aliphatic heterocycles. The van der Waals surface area contributed by atoms with Crippen molar-refractivity contribution in [3.63, 3.8) is 0 Å². The lowest BCUT2D eigenvalue weighted by molar-refractivity contribution is 0.286. The molecule has 2 heteroatoms. The van der Waals surface area contributed by atoms with Crippen LogP contribution < -0.4 is 4.74 Å². The molecule has 2 nitrogen and oxygen atoms in total. The van der Waals surface area contributed by atoms with Crippen molar-refractivity contribution in [2.24, 2.45) is 0 Å². The molecule has 3 aromatic rings. The molecule has 0 fully saturated rings. The number of para-hydroxylation sites is 2. The Kier molecular flexibility index (Phi) is 2.81. The van der Waals surface area contributed by atoms with Crippen molar-refractivity contribution in [1.82, 2.24) is 4.98 Å². The summed E-state index contributed by atoms with van der Waals surface area (Å²) in [4.78, 5) is 4.64. The standard InChI is InChI=1S/C17H13NO/c1-3-12(2)19-17-13-8-4-6-10-15(13)18-16-11-7-5-9-14(16)17/h1,4-12H,2H3. The Balaban J connectivity index is 2.36. The highest BCUT2D eigenvalue weighted by molar-refractivity contribution is 6.00. The molecule has 1 atom stereocenters. The van der Waals surface area contributed by atoms with Crippen LogP contribution in [0.25, 0.3) is 21.8 Å². The summed E-state index contributed by atoms with van der Waals surface area (Å²) in [6.45, 7) is 1.87. The summed E-state index contributed by atoms with van der Waals surface area (Å²) in [5.74, 6) is 3.41. The lowest BCUT2D eigenvalue weighted by Gasteiger charge is -2.14. The van der Waals surface area contributed by atoms with Crippen molar-refractivity contribution in [2.45, 2.75) is 13.0 Å². The summed E-state index contributed by atoms with van der Waals surface area (Å²) in [5, 5.41) is 1.98. The van der Waals surface area contributed by atoms with Crippen LogP contribution in [0.2, 0.25) is 0 Å². The van der Waals surface area contributed by atoms with Gasteiger partial charge in [-0.15, -0.1) is 6.42 Å². The van der Waals surface area contributed by atoms with Gasteiger partial charge in [-0.05, 0) is 31.2 Å². The second-order valence-corrected chi connectivity index (χ2v) is 4.40. The average molecular weight is 247 g/mol. The number of fused-ring (bicyclic) bond motifs is 2. The molecule has 1 heterocycles. The van der Waals surface area contributed by atoms with E-state index in [0.717, 1.165) is 27.6 Å². The Morgan fingerprint density at radius 3 is 2.05 bits per heavy atom. The van der Waals surface area contributed by atoms with Crippen LogP contribution in [-0.4, -0.2) is 11.1 Å². The van der Waals surface area contributed by atoms with Crippen LogP contribution >= 0.6 is 0 Å². The number of hydrogen-bond donors (Lipinski definition) is 0. The molecule has 0 bridgehead atoms. The van der Waals surface area contributed by atoms with E-state index in [2.05, 4.69) is 10.9 Å². The maximum Gasteiger partial charge on any atom is 0.156 e. The number of aromatic nitrogens is 1. The van der Waals surface area contributed by atoms with E-state index in [9.17, 15) is 0 Å². The summed E-state index contributed by atoms with van der Waals surface area (Å²) in [5.41, 5.74) is 1.83. The topological polar surface area (TPSA) is 22.1 Å². The minimum absolute atomic E-state index is 0.269. The Hall–Kier alpha value is -2.53. The van der Waals surface area contributed by atoms with Crippen LogP contribution in [0.4, 0.5) is 0 Å². The molecule has 0 radical (unpaired) electrons. The van der Waals surface area contributed by atoms with Crippen LogP contribution in [0.15, 0.2) is 48.5 Å². The van der Waals surface area contributed by atoms with Gasteiger partial charge in [0.2, 0.25) is 0 Å². The van der Waals surface area contributed by atoms with E-state index in [1.807, 2.05) is 55.5 Å². The van der Waals surface area contributed by atoms with Crippen molar-refractivity contribution < 1.29 is 4.74 Å². The second kappa shape index (κ2) is 4.62. The van der Waals surface area contributed by atoms with E-state index >= 15 is 0 Å². The third-order valence-corrected chi connectivity index (χ3v) is 3.07.